The Kier molecular flexibility index (Phi) is 3.43. The van der Waals surface area contributed by atoms with E-state index >= 15 is 0 Å². The standard InChI is InChI=1S/C12H12ClNO4/c1-2-9-12(17)14(6-11(15)16)8-5-7(13)3-4-10(8)18-9/h3-5,9H,2,6H2,1H3,(H,15,16)/t9-/m1/s1. The number of carboxylic acids is 1. The van der Waals surface area contributed by atoms with Gasteiger partial charge in [-0.25, -0.2) is 0 Å². The van der Waals surface area contributed by atoms with Crippen LogP contribution in [0.2, 0.25) is 5.02 Å². The number of halogens is 1. The maximum atomic E-state index is 12.1. The minimum Gasteiger partial charge on any atom is -0.480 e. The number of anilines is 1. The maximum Gasteiger partial charge on any atom is 0.323 e. The topological polar surface area (TPSA) is 66.8 Å². The van der Waals surface area contributed by atoms with Gasteiger partial charge in [0.25, 0.3) is 5.91 Å². The number of fused-ring (bicyclic) bond motifs is 1. The van der Waals surface area contributed by atoms with Crippen molar-refractivity contribution >= 4 is 29.2 Å². The summed E-state index contributed by atoms with van der Waals surface area (Å²) in [6.45, 7) is 1.41. The third-order valence-electron chi connectivity index (χ3n) is 2.69. The lowest BCUT2D eigenvalue weighted by Crippen LogP contribution is -2.47. The van der Waals surface area contributed by atoms with Crippen molar-refractivity contribution in [3.05, 3.63) is 23.2 Å². The van der Waals surface area contributed by atoms with E-state index in [2.05, 4.69) is 0 Å². The molecule has 1 atom stereocenters. The molecule has 5 nitrogen and oxygen atoms in total. The molecule has 96 valence electrons. The molecule has 0 aliphatic carbocycles. The third kappa shape index (κ3) is 2.26. The highest BCUT2D eigenvalue weighted by Gasteiger charge is 2.34. The van der Waals surface area contributed by atoms with Crippen LogP contribution in [0.25, 0.3) is 0 Å². The number of nitrogens with zero attached hydrogens (tertiary/aromatic N) is 1. The minimum atomic E-state index is -1.08. The summed E-state index contributed by atoms with van der Waals surface area (Å²) in [6.07, 6.45) is -0.158. The Morgan fingerprint density at radius 1 is 1.56 bits per heavy atom. The van der Waals surface area contributed by atoms with Crippen LogP contribution in [-0.2, 0) is 9.59 Å². The number of hydrogen-bond acceptors (Lipinski definition) is 3. The molecule has 1 aliphatic heterocycles. The lowest BCUT2D eigenvalue weighted by Gasteiger charge is -2.33. The van der Waals surface area contributed by atoms with E-state index in [1.165, 1.54) is 11.0 Å². The van der Waals surface area contributed by atoms with Crippen molar-refractivity contribution in [2.75, 3.05) is 11.4 Å². The summed E-state index contributed by atoms with van der Waals surface area (Å²) in [4.78, 5) is 24.1. The molecule has 2 rings (SSSR count). The van der Waals surface area contributed by atoms with Crippen molar-refractivity contribution in [1.82, 2.24) is 0 Å². The van der Waals surface area contributed by atoms with E-state index in [1.807, 2.05) is 6.92 Å². The summed E-state index contributed by atoms with van der Waals surface area (Å²) >= 11 is 5.86. The molecular weight excluding hydrogens is 258 g/mol. The molecule has 0 saturated heterocycles. The van der Waals surface area contributed by atoms with Crippen LogP contribution in [0, 0.1) is 0 Å². The predicted octanol–water partition coefficient (Wildman–Crippen LogP) is 1.93. The normalized spacial score (nSPS) is 18.2. The highest BCUT2D eigenvalue weighted by atomic mass is 35.5. The van der Waals surface area contributed by atoms with Crippen LogP contribution in [0.5, 0.6) is 5.75 Å². The molecule has 1 aliphatic rings. The SMILES string of the molecule is CC[C@H]1Oc2ccc(Cl)cc2N(CC(=O)O)C1=O. The number of carboxylic acid groups (broad SMARTS) is 1. The fourth-order valence-corrected chi connectivity index (χ4v) is 2.02. The highest BCUT2D eigenvalue weighted by Crippen LogP contribution is 2.36. The van der Waals surface area contributed by atoms with Gasteiger partial charge in [-0.1, -0.05) is 18.5 Å². The van der Waals surface area contributed by atoms with Gasteiger partial charge in [0.2, 0.25) is 0 Å². The number of aliphatic carboxylic acids is 1. The predicted molar refractivity (Wildman–Crippen MR) is 66.1 cm³/mol. The monoisotopic (exact) mass is 269 g/mol. The molecule has 0 fully saturated rings. The largest absolute Gasteiger partial charge is 0.480 e. The lowest BCUT2D eigenvalue weighted by atomic mass is 10.1. The van der Waals surface area contributed by atoms with Crippen LogP contribution < -0.4 is 9.64 Å². The second kappa shape index (κ2) is 4.86. The molecule has 0 aromatic heterocycles. The molecule has 0 spiro atoms. The number of carbonyl (C=O) groups excluding carboxylic acids is 1. The number of hydrogen-bond donors (Lipinski definition) is 1. The summed E-state index contributed by atoms with van der Waals surface area (Å²) in [5.41, 5.74) is 0.402. The van der Waals surface area contributed by atoms with E-state index in [1.54, 1.807) is 12.1 Å². The summed E-state index contributed by atoms with van der Waals surface area (Å²) in [6, 6.07) is 4.81. The van der Waals surface area contributed by atoms with E-state index in [9.17, 15) is 9.59 Å². The maximum absolute atomic E-state index is 12.1. The quantitative estimate of drug-likeness (QED) is 0.910. The Hall–Kier alpha value is -1.75. The molecule has 18 heavy (non-hydrogen) atoms. The van der Waals surface area contributed by atoms with Crippen molar-refractivity contribution in [1.29, 1.82) is 0 Å². The van der Waals surface area contributed by atoms with Crippen molar-refractivity contribution in [2.24, 2.45) is 0 Å². The Labute approximate surface area is 109 Å². The minimum absolute atomic E-state index is 0.352. The molecular formula is C12H12ClNO4. The van der Waals surface area contributed by atoms with Crippen molar-refractivity contribution < 1.29 is 19.4 Å². The van der Waals surface area contributed by atoms with Crippen LogP contribution >= 0.6 is 11.6 Å². The van der Waals surface area contributed by atoms with Gasteiger partial charge in [-0.2, -0.15) is 0 Å². The van der Waals surface area contributed by atoms with Gasteiger partial charge in [0.1, 0.15) is 12.3 Å². The van der Waals surface area contributed by atoms with Crippen molar-refractivity contribution in [3.63, 3.8) is 0 Å². The van der Waals surface area contributed by atoms with Gasteiger partial charge >= 0.3 is 5.97 Å². The zero-order valence-electron chi connectivity index (χ0n) is 9.72. The Balaban J connectivity index is 2.45. The second-order valence-corrected chi connectivity index (χ2v) is 4.38. The number of rotatable bonds is 3. The first-order chi connectivity index (χ1) is 8.52. The number of benzene rings is 1. The van der Waals surface area contributed by atoms with Crippen LogP contribution in [-0.4, -0.2) is 29.6 Å². The van der Waals surface area contributed by atoms with E-state index in [0.717, 1.165) is 0 Å². The van der Waals surface area contributed by atoms with Gasteiger partial charge in [-0.3, -0.25) is 14.5 Å². The van der Waals surface area contributed by atoms with Gasteiger partial charge < -0.3 is 9.84 Å². The van der Waals surface area contributed by atoms with Crippen LogP contribution in [0.3, 0.4) is 0 Å². The smallest absolute Gasteiger partial charge is 0.323 e. The highest BCUT2D eigenvalue weighted by molar-refractivity contribution is 6.31. The third-order valence-corrected chi connectivity index (χ3v) is 2.92. The summed E-state index contributed by atoms with van der Waals surface area (Å²) in [5, 5.41) is 9.30. The van der Waals surface area contributed by atoms with E-state index < -0.39 is 18.6 Å². The zero-order chi connectivity index (χ0) is 13.3. The molecule has 1 heterocycles. The van der Waals surface area contributed by atoms with Crippen LogP contribution in [0.15, 0.2) is 18.2 Å². The zero-order valence-corrected chi connectivity index (χ0v) is 10.5. The molecule has 1 amide bonds. The molecule has 0 radical (unpaired) electrons. The van der Waals surface area contributed by atoms with E-state index in [4.69, 9.17) is 21.4 Å². The molecule has 1 aromatic rings. The van der Waals surface area contributed by atoms with E-state index in [-0.39, 0.29) is 5.91 Å². The first-order valence-electron chi connectivity index (χ1n) is 5.52. The van der Waals surface area contributed by atoms with Gasteiger partial charge in [0, 0.05) is 5.02 Å². The van der Waals surface area contributed by atoms with Crippen LogP contribution in [0.1, 0.15) is 13.3 Å². The van der Waals surface area contributed by atoms with Gasteiger partial charge in [-0.15, -0.1) is 0 Å². The first kappa shape index (κ1) is 12.7. The summed E-state index contributed by atoms with van der Waals surface area (Å²) in [7, 11) is 0. The molecule has 1 aromatic carbocycles. The van der Waals surface area contributed by atoms with Gasteiger partial charge in [-0.05, 0) is 24.6 Å². The first-order valence-corrected chi connectivity index (χ1v) is 5.90. The molecule has 0 saturated carbocycles. The van der Waals surface area contributed by atoms with Crippen molar-refractivity contribution in [3.8, 4) is 5.75 Å². The lowest BCUT2D eigenvalue weighted by molar-refractivity contribution is -0.137. The van der Waals surface area contributed by atoms with Gasteiger partial charge in [0.15, 0.2) is 6.10 Å². The number of carbonyl (C=O) groups is 2. The van der Waals surface area contributed by atoms with Gasteiger partial charge in [0.05, 0.1) is 5.69 Å². The molecule has 6 heteroatoms. The average Bonchev–Trinajstić information content (AvgIpc) is 2.32. The molecule has 0 unspecified atom stereocenters. The Morgan fingerprint density at radius 3 is 2.89 bits per heavy atom. The Morgan fingerprint density at radius 2 is 2.28 bits per heavy atom. The summed E-state index contributed by atoms with van der Waals surface area (Å²) < 4.78 is 5.52. The Bertz CT molecular complexity index is 503. The second-order valence-electron chi connectivity index (χ2n) is 3.94. The van der Waals surface area contributed by atoms with Crippen molar-refractivity contribution in [2.45, 2.75) is 19.4 Å². The number of ether oxygens (including phenoxy) is 1. The summed E-state index contributed by atoms with van der Waals surface area (Å²) in [5.74, 6) is -0.951. The fourth-order valence-electron chi connectivity index (χ4n) is 1.85. The fraction of sp³-hybridized carbons (Fsp3) is 0.333. The number of amides is 1. The molecule has 0 bridgehead atoms. The average molecular weight is 270 g/mol. The van der Waals surface area contributed by atoms with Crippen LogP contribution in [0.4, 0.5) is 5.69 Å². The molecule has 1 N–H and O–H groups in total. The van der Waals surface area contributed by atoms with E-state index in [0.29, 0.717) is 22.9 Å².